The van der Waals surface area contributed by atoms with Crippen molar-refractivity contribution in [2.24, 2.45) is 0 Å². The van der Waals surface area contributed by atoms with Gasteiger partial charge in [-0.05, 0) is 36.4 Å². The minimum Gasteiger partial charge on any atom is -0.495 e. The molecule has 0 aliphatic rings. The van der Waals surface area contributed by atoms with Crippen LogP contribution in [0.5, 0.6) is 5.75 Å². The zero-order valence-electron chi connectivity index (χ0n) is 15.9. The lowest BCUT2D eigenvalue weighted by molar-refractivity contribution is 0.412. The summed E-state index contributed by atoms with van der Waals surface area (Å²) in [6.45, 7) is 0. The van der Waals surface area contributed by atoms with Crippen LogP contribution < -0.4 is 15.8 Å². The van der Waals surface area contributed by atoms with Gasteiger partial charge in [-0.3, -0.25) is 4.57 Å². The minimum atomic E-state index is -0.327. The van der Waals surface area contributed by atoms with Crippen molar-refractivity contribution in [3.05, 3.63) is 66.5 Å². The molecule has 2 heterocycles. The van der Waals surface area contributed by atoms with Crippen LogP contribution in [0.15, 0.2) is 60.0 Å². The molecule has 3 N–H and O–H groups in total. The molecule has 2 aromatic heterocycles. The van der Waals surface area contributed by atoms with Crippen LogP contribution >= 0.6 is 11.8 Å². The first-order valence-corrected chi connectivity index (χ1v) is 9.80. The van der Waals surface area contributed by atoms with E-state index < -0.39 is 0 Å². The third kappa shape index (κ3) is 4.46. The highest BCUT2D eigenvalue weighted by atomic mass is 32.2. The van der Waals surface area contributed by atoms with E-state index in [1.807, 2.05) is 28.8 Å². The minimum absolute atomic E-state index is 0.0800. The second kappa shape index (κ2) is 8.74. The second-order valence-corrected chi connectivity index (χ2v) is 6.95. The number of nitrogen functional groups attached to an aromatic ring is 1. The largest absolute Gasteiger partial charge is 0.495 e. The standard InChI is InChI=1S/C19H17FN8OS/c1-29-15-5-3-2-4-14(15)28-11-22-27-19(28)30-10-16-24-17(21)26-18(25-16)23-13-8-6-12(20)7-9-13/h2-9,11H,10H2,1H3,(H3,21,23,24,25,26). The molecule has 0 amide bonds. The zero-order valence-corrected chi connectivity index (χ0v) is 16.7. The number of hydrogen-bond donors (Lipinski definition) is 2. The van der Waals surface area contributed by atoms with Crippen molar-refractivity contribution < 1.29 is 9.13 Å². The number of para-hydroxylation sites is 2. The van der Waals surface area contributed by atoms with Crippen LogP contribution in [0.1, 0.15) is 5.82 Å². The Balaban J connectivity index is 1.52. The molecular formula is C19H17FN8OS. The normalized spacial score (nSPS) is 10.7. The Hall–Kier alpha value is -3.73. The van der Waals surface area contributed by atoms with E-state index in [0.29, 0.717) is 28.2 Å². The van der Waals surface area contributed by atoms with Crippen LogP contribution in [0.3, 0.4) is 0 Å². The van der Waals surface area contributed by atoms with E-state index in [2.05, 4.69) is 30.5 Å². The molecule has 0 aliphatic heterocycles. The Morgan fingerprint density at radius 2 is 1.90 bits per heavy atom. The molecule has 0 saturated carbocycles. The Kier molecular flexibility index (Phi) is 5.70. The number of ether oxygens (including phenoxy) is 1. The highest BCUT2D eigenvalue weighted by molar-refractivity contribution is 7.98. The second-order valence-electron chi connectivity index (χ2n) is 6.01. The summed E-state index contributed by atoms with van der Waals surface area (Å²) in [4.78, 5) is 12.6. The van der Waals surface area contributed by atoms with Gasteiger partial charge in [-0.1, -0.05) is 23.9 Å². The first kappa shape index (κ1) is 19.6. The van der Waals surface area contributed by atoms with Crippen molar-refractivity contribution in [2.45, 2.75) is 10.9 Å². The molecule has 0 radical (unpaired) electrons. The van der Waals surface area contributed by atoms with Crippen LogP contribution in [0.4, 0.5) is 22.0 Å². The topological polar surface area (TPSA) is 117 Å². The van der Waals surface area contributed by atoms with Gasteiger partial charge in [0.25, 0.3) is 0 Å². The number of nitrogens with one attached hydrogen (secondary N) is 1. The van der Waals surface area contributed by atoms with E-state index in [1.165, 1.54) is 23.9 Å². The maximum absolute atomic E-state index is 13.1. The summed E-state index contributed by atoms with van der Waals surface area (Å²) in [5.74, 6) is 1.58. The molecule has 0 unspecified atom stereocenters. The molecule has 0 bridgehead atoms. The summed E-state index contributed by atoms with van der Waals surface area (Å²) in [6, 6.07) is 13.4. The number of benzene rings is 2. The van der Waals surface area contributed by atoms with Crippen LogP contribution in [-0.2, 0) is 5.75 Å². The Morgan fingerprint density at radius 3 is 2.70 bits per heavy atom. The van der Waals surface area contributed by atoms with Crippen LogP contribution in [0.25, 0.3) is 5.69 Å². The fraction of sp³-hybridized carbons (Fsp3) is 0.105. The fourth-order valence-corrected chi connectivity index (χ4v) is 3.44. The molecule has 0 fully saturated rings. The number of methoxy groups -OCH3 is 1. The summed E-state index contributed by atoms with van der Waals surface area (Å²) >= 11 is 1.39. The predicted molar refractivity (Wildman–Crippen MR) is 111 cm³/mol. The van der Waals surface area contributed by atoms with Gasteiger partial charge >= 0.3 is 0 Å². The average Bonchev–Trinajstić information content (AvgIpc) is 3.22. The van der Waals surface area contributed by atoms with Crippen LogP contribution in [0, 0.1) is 5.82 Å². The smallest absolute Gasteiger partial charge is 0.232 e. The van der Waals surface area contributed by atoms with E-state index in [9.17, 15) is 4.39 Å². The van der Waals surface area contributed by atoms with Crippen molar-refractivity contribution in [3.63, 3.8) is 0 Å². The van der Waals surface area contributed by atoms with Gasteiger partial charge in [-0.2, -0.15) is 15.0 Å². The average molecular weight is 424 g/mol. The van der Waals surface area contributed by atoms with E-state index in [-0.39, 0.29) is 17.7 Å². The lowest BCUT2D eigenvalue weighted by atomic mass is 10.3. The molecule has 30 heavy (non-hydrogen) atoms. The first-order valence-electron chi connectivity index (χ1n) is 8.81. The summed E-state index contributed by atoms with van der Waals surface area (Å²) < 4.78 is 20.3. The van der Waals surface area contributed by atoms with E-state index >= 15 is 0 Å². The molecule has 4 aromatic rings. The monoisotopic (exact) mass is 424 g/mol. The van der Waals surface area contributed by atoms with Crippen molar-refractivity contribution in [1.82, 2.24) is 29.7 Å². The number of aromatic nitrogens is 6. The van der Waals surface area contributed by atoms with Crippen LogP contribution in [0.2, 0.25) is 0 Å². The Bertz CT molecular complexity index is 1150. The lowest BCUT2D eigenvalue weighted by Crippen LogP contribution is -2.07. The molecule has 152 valence electrons. The van der Waals surface area contributed by atoms with Gasteiger partial charge in [0.1, 0.15) is 23.7 Å². The number of rotatable bonds is 7. The molecular weight excluding hydrogens is 407 g/mol. The third-order valence-electron chi connectivity index (χ3n) is 3.99. The van der Waals surface area contributed by atoms with Crippen molar-refractivity contribution in [2.75, 3.05) is 18.2 Å². The first-order chi connectivity index (χ1) is 14.6. The Morgan fingerprint density at radius 1 is 1.10 bits per heavy atom. The maximum atomic E-state index is 13.1. The fourth-order valence-electron chi connectivity index (χ4n) is 2.67. The van der Waals surface area contributed by atoms with Crippen molar-refractivity contribution >= 4 is 29.3 Å². The zero-order chi connectivity index (χ0) is 20.9. The number of hydrogen-bond acceptors (Lipinski definition) is 9. The molecule has 2 aromatic carbocycles. The van der Waals surface area contributed by atoms with Gasteiger partial charge < -0.3 is 15.8 Å². The van der Waals surface area contributed by atoms with Gasteiger partial charge in [0.15, 0.2) is 5.16 Å². The van der Waals surface area contributed by atoms with Gasteiger partial charge in [0.05, 0.1) is 18.6 Å². The summed E-state index contributed by atoms with van der Waals surface area (Å²) in [7, 11) is 1.61. The molecule has 4 rings (SSSR count). The van der Waals surface area contributed by atoms with Crippen molar-refractivity contribution in [1.29, 1.82) is 0 Å². The number of nitrogens with zero attached hydrogens (tertiary/aromatic N) is 6. The van der Waals surface area contributed by atoms with Crippen molar-refractivity contribution in [3.8, 4) is 11.4 Å². The SMILES string of the molecule is COc1ccccc1-n1cnnc1SCc1nc(N)nc(Nc2ccc(F)cc2)n1. The lowest BCUT2D eigenvalue weighted by Gasteiger charge is -2.10. The summed E-state index contributed by atoms with van der Waals surface area (Å²) in [6.07, 6.45) is 1.61. The predicted octanol–water partition coefficient (Wildman–Crippen LogP) is 3.22. The highest BCUT2D eigenvalue weighted by Gasteiger charge is 2.13. The highest BCUT2D eigenvalue weighted by Crippen LogP contribution is 2.28. The maximum Gasteiger partial charge on any atom is 0.232 e. The van der Waals surface area contributed by atoms with Gasteiger partial charge in [0.2, 0.25) is 11.9 Å². The summed E-state index contributed by atoms with van der Waals surface area (Å²) in [5.41, 5.74) is 7.28. The molecule has 9 nitrogen and oxygen atoms in total. The van der Waals surface area contributed by atoms with E-state index in [1.54, 1.807) is 25.6 Å². The molecule has 11 heteroatoms. The molecule has 0 saturated heterocycles. The number of anilines is 3. The van der Waals surface area contributed by atoms with Crippen LogP contribution in [-0.4, -0.2) is 36.8 Å². The van der Waals surface area contributed by atoms with Gasteiger partial charge in [-0.15, -0.1) is 10.2 Å². The van der Waals surface area contributed by atoms with Gasteiger partial charge in [0, 0.05) is 5.69 Å². The molecule has 0 spiro atoms. The number of halogens is 1. The molecule has 0 atom stereocenters. The van der Waals surface area contributed by atoms with E-state index in [0.717, 1.165) is 5.69 Å². The van der Waals surface area contributed by atoms with Gasteiger partial charge in [-0.25, -0.2) is 4.39 Å². The third-order valence-corrected chi connectivity index (χ3v) is 4.93. The molecule has 0 aliphatic carbocycles. The number of thioether (sulfide) groups is 1. The Labute approximate surface area is 175 Å². The number of nitrogens with two attached hydrogens (primary N) is 1. The van der Waals surface area contributed by atoms with E-state index in [4.69, 9.17) is 10.5 Å². The quantitative estimate of drug-likeness (QED) is 0.431. The summed E-state index contributed by atoms with van der Waals surface area (Å²) in [5, 5.41) is 11.8.